The highest BCUT2D eigenvalue weighted by Crippen LogP contribution is 2.35. The van der Waals surface area contributed by atoms with Crippen molar-refractivity contribution >= 4 is 0 Å². The van der Waals surface area contributed by atoms with Crippen LogP contribution in [0.3, 0.4) is 0 Å². The second-order valence-electron chi connectivity index (χ2n) is 6.98. The van der Waals surface area contributed by atoms with Gasteiger partial charge in [-0.2, -0.15) is 0 Å². The maximum Gasteiger partial charge on any atom is 0.0333 e. The molecule has 0 radical (unpaired) electrons. The van der Waals surface area contributed by atoms with Crippen molar-refractivity contribution in [2.24, 2.45) is 5.92 Å². The van der Waals surface area contributed by atoms with E-state index in [9.17, 15) is 0 Å². The topological polar surface area (TPSA) is 15.3 Å². The smallest absolute Gasteiger partial charge is 0.0333 e. The fourth-order valence-corrected chi connectivity index (χ4v) is 3.88. The van der Waals surface area contributed by atoms with E-state index in [1.165, 1.54) is 84.0 Å². The first-order chi connectivity index (χ1) is 9.27. The molecule has 0 amide bonds. The molecule has 2 fully saturated rings. The Hall–Kier alpha value is -0.0800. The monoisotopic (exact) mass is 266 g/mol. The largest absolute Gasteiger partial charge is 0.315 e. The molecule has 0 aromatic rings. The van der Waals surface area contributed by atoms with Gasteiger partial charge in [-0.25, -0.2) is 0 Å². The summed E-state index contributed by atoms with van der Waals surface area (Å²) in [6, 6.07) is 0. The summed E-state index contributed by atoms with van der Waals surface area (Å²) in [5.74, 6) is 0.821. The molecule has 0 aromatic carbocycles. The van der Waals surface area contributed by atoms with Crippen LogP contribution in [0.1, 0.15) is 71.6 Å². The van der Waals surface area contributed by atoms with E-state index in [0.29, 0.717) is 5.54 Å². The van der Waals surface area contributed by atoms with Crippen LogP contribution in [-0.2, 0) is 0 Å². The normalized spacial score (nSPS) is 26.2. The quantitative estimate of drug-likeness (QED) is 0.786. The Balaban J connectivity index is 1.89. The summed E-state index contributed by atoms with van der Waals surface area (Å²) < 4.78 is 0. The number of piperidine rings is 1. The number of likely N-dealkylation sites (tertiary alicyclic amines) is 1. The average Bonchev–Trinajstić information content (AvgIpc) is 2.49. The van der Waals surface area contributed by atoms with Crippen LogP contribution >= 0.6 is 0 Å². The zero-order chi connectivity index (χ0) is 13.6. The van der Waals surface area contributed by atoms with E-state index >= 15 is 0 Å². The fraction of sp³-hybridized carbons (Fsp3) is 1.00. The predicted octanol–water partition coefficient (Wildman–Crippen LogP) is 3.81. The Morgan fingerprint density at radius 1 is 1.00 bits per heavy atom. The highest BCUT2D eigenvalue weighted by Gasteiger charge is 2.37. The molecule has 1 aliphatic heterocycles. The lowest BCUT2D eigenvalue weighted by Gasteiger charge is -2.48. The Labute approximate surface area is 120 Å². The standard InChI is InChI=1S/C17H34N2/c1-3-16(2)14-18-15-17(10-6-4-7-11-17)19-12-8-5-9-13-19/h16,18H,3-15H2,1-2H3. The SMILES string of the molecule is CCC(C)CNCC1(N2CCCCC2)CCCCC1. The van der Waals surface area contributed by atoms with Crippen molar-refractivity contribution in [3.63, 3.8) is 0 Å². The first-order valence-electron chi connectivity index (χ1n) is 8.72. The molecule has 2 aliphatic rings. The van der Waals surface area contributed by atoms with Gasteiger partial charge < -0.3 is 5.32 Å². The van der Waals surface area contributed by atoms with E-state index in [2.05, 4.69) is 24.1 Å². The van der Waals surface area contributed by atoms with Crippen LogP contribution in [0.4, 0.5) is 0 Å². The molecule has 19 heavy (non-hydrogen) atoms. The minimum absolute atomic E-state index is 0.506. The molecule has 1 atom stereocenters. The van der Waals surface area contributed by atoms with Crippen molar-refractivity contribution < 1.29 is 0 Å². The molecule has 2 heteroatoms. The van der Waals surface area contributed by atoms with Crippen molar-refractivity contribution in [1.29, 1.82) is 0 Å². The van der Waals surface area contributed by atoms with Gasteiger partial charge in [-0.05, 0) is 51.2 Å². The van der Waals surface area contributed by atoms with Crippen LogP contribution in [0.25, 0.3) is 0 Å². The summed E-state index contributed by atoms with van der Waals surface area (Å²) in [5, 5.41) is 3.80. The van der Waals surface area contributed by atoms with E-state index in [-0.39, 0.29) is 0 Å². The Kier molecular flexibility index (Phi) is 6.15. The minimum Gasteiger partial charge on any atom is -0.315 e. The maximum absolute atomic E-state index is 3.80. The van der Waals surface area contributed by atoms with Crippen LogP contribution in [0.2, 0.25) is 0 Å². The third-order valence-electron chi connectivity index (χ3n) is 5.45. The number of nitrogens with zero attached hydrogens (tertiary/aromatic N) is 1. The molecule has 112 valence electrons. The van der Waals surface area contributed by atoms with Gasteiger partial charge in [-0.1, -0.05) is 46.0 Å². The van der Waals surface area contributed by atoms with Crippen molar-refractivity contribution in [2.75, 3.05) is 26.2 Å². The predicted molar refractivity (Wildman–Crippen MR) is 83.6 cm³/mol. The van der Waals surface area contributed by atoms with Gasteiger partial charge in [0.1, 0.15) is 0 Å². The third-order valence-corrected chi connectivity index (χ3v) is 5.45. The Bertz CT molecular complexity index is 240. The van der Waals surface area contributed by atoms with Crippen molar-refractivity contribution in [2.45, 2.75) is 77.2 Å². The Morgan fingerprint density at radius 2 is 1.63 bits per heavy atom. The third kappa shape index (κ3) is 4.19. The molecular weight excluding hydrogens is 232 g/mol. The molecule has 0 spiro atoms. The summed E-state index contributed by atoms with van der Waals surface area (Å²) in [7, 11) is 0. The first-order valence-corrected chi connectivity index (χ1v) is 8.72. The van der Waals surface area contributed by atoms with Crippen LogP contribution in [-0.4, -0.2) is 36.6 Å². The molecule has 0 bridgehead atoms. The summed E-state index contributed by atoms with van der Waals surface area (Å²) in [6.45, 7) is 9.80. The summed E-state index contributed by atoms with van der Waals surface area (Å²) >= 11 is 0. The molecule has 0 aromatic heterocycles. The molecule has 1 aliphatic carbocycles. The lowest BCUT2D eigenvalue weighted by molar-refractivity contribution is 0.0330. The molecule has 1 heterocycles. The van der Waals surface area contributed by atoms with E-state index in [4.69, 9.17) is 0 Å². The molecular formula is C17H34N2. The molecule has 2 rings (SSSR count). The van der Waals surface area contributed by atoms with E-state index in [0.717, 1.165) is 5.92 Å². The highest BCUT2D eigenvalue weighted by atomic mass is 15.2. The number of nitrogens with one attached hydrogen (secondary N) is 1. The van der Waals surface area contributed by atoms with Crippen molar-refractivity contribution in [3.8, 4) is 0 Å². The number of rotatable bonds is 6. The number of hydrogen-bond acceptors (Lipinski definition) is 2. The van der Waals surface area contributed by atoms with E-state index in [1.807, 2.05) is 0 Å². The first kappa shape index (κ1) is 15.3. The van der Waals surface area contributed by atoms with Gasteiger partial charge in [0.15, 0.2) is 0 Å². The summed E-state index contributed by atoms with van der Waals surface area (Å²) in [5.41, 5.74) is 0.506. The minimum atomic E-state index is 0.506. The van der Waals surface area contributed by atoms with Gasteiger partial charge in [0, 0.05) is 12.1 Å². The lowest BCUT2D eigenvalue weighted by atomic mass is 9.79. The second-order valence-corrected chi connectivity index (χ2v) is 6.98. The fourth-order valence-electron chi connectivity index (χ4n) is 3.88. The van der Waals surface area contributed by atoms with Crippen LogP contribution < -0.4 is 5.32 Å². The molecule has 1 saturated heterocycles. The zero-order valence-corrected chi connectivity index (χ0v) is 13.2. The molecule has 1 saturated carbocycles. The van der Waals surface area contributed by atoms with Gasteiger partial charge in [-0.3, -0.25) is 4.90 Å². The van der Waals surface area contributed by atoms with E-state index < -0.39 is 0 Å². The van der Waals surface area contributed by atoms with Gasteiger partial charge in [0.05, 0.1) is 0 Å². The van der Waals surface area contributed by atoms with E-state index in [1.54, 1.807) is 0 Å². The van der Waals surface area contributed by atoms with Gasteiger partial charge in [0.2, 0.25) is 0 Å². The van der Waals surface area contributed by atoms with Crippen molar-refractivity contribution in [3.05, 3.63) is 0 Å². The van der Waals surface area contributed by atoms with Crippen molar-refractivity contribution in [1.82, 2.24) is 10.2 Å². The Morgan fingerprint density at radius 3 is 2.26 bits per heavy atom. The molecule has 1 N–H and O–H groups in total. The highest BCUT2D eigenvalue weighted by molar-refractivity contribution is 4.96. The van der Waals surface area contributed by atoms with Gasteiger partial charge >= 0.3 is 0 Å². The zero-order valence-electron chi connectivity index (χ0n) is 13.2. The summed E-state index contributed by atoms with van der Waals surface area (Å²) in [4.78, 5) is 2.85. The van der Waals surface area contributed by atoms with Gasteiger partial charge in [0.25, 0.3) is 0 Å². The van der Waals surface area contributed by atoms with Crippen LogP contribution in [0, 0.1) is 5.92 Å². The molecule has 2 nitrogen and oxygen atoms in total. The molecule has 1 unspecified atom stereocenters. The van der Waals surface area contributed by atoms with Crippen LogP contribution in [0.15, 0.2) is 0 Å². The maximum atomic E-state index is 3.80. The summed E-state index contributed by atoms with van der Waals surface area (Å²) in [6.07, 6.45) is 12.8. The second kappa shape index (κ2) is 7.64. The number of hydrogen-bond donors (Lipinski definition) is 1. The lowest BCUT2D eigenvalue weighted by Crippen LogP contribution is -2.57. The average molecular weight is 266 g/mol. The van der Waals surface area contributed by atoms with Crippen LogP contribution in [0.5, 0.6) is 0 Å². The van der Waals surface area contributed by atoms with Gasteiger partial charge in [-0.15, -0.1) is 0 Å².